The zero-order valence-corrected chi connectivity index (χ0v) is 12.8. The molecule has 0 bridgehead atoms. The summed E-state index contributed by atoms with van der Waals surface area (Å²) in [4.78, 5) is 10.8. The lowest BCUT2D eigenvalue weighted by atomic mass is 10.2. The summed E-state index contributed by atoms with van der Waals surface area (Å²) >= 11 is 0. The van der Waals surface area contributed by atoms with E-state index in [1.165, 1.54) is 0 Å². The lowest BCUT2D eigenvalue weighted by molar-refractivity contribution is 0.0960. The van der Waals surface area contributed by atoms with Gasteiger partial charge in [-0.1, -0.05) is 24.3 Å². The highest BCUT2D eigenvalue weighted by Gasteiger charge is 2.23. The molecule has 23 heavy (non-hydrogen) atoms. The first-order valence-electron chi connectivity index (χ1n) is 7.60. The maximum atomic E-state index is 6.03. The van der Waals surface area contributed by atoms with E-state index in [1.54, 1.807) is 6.33 Å². The summed E-state index contributed by atoms with van der Waals surface area (Å²) in [5.41, 5.74) is 0.940. The Hall–Kier alpha value is -2.82. The third-order valence-electron chi connectivity index (χ3n) is 3.93. The van der Waals surface area contributed by atoms with Crippen molar-refractivity contribution in [3.05, 3.63) is 54.9 Å². The lowest BCUT2D eigenvalue weighted by Crippen LogP contribution is -2.39. The molecule has 1 unspecified atom stereocenters. The first-order chi connectivity index (χ1) is 11.3. The van der Waals surface area contributed by atoms with Crippen LogP contribution in [0.5, 0.6) is 11.5 Å². The number of hydrogen-bond donors (Lipinski definition) is 0. The Kier molecular flexibility index (Phi) is 3.46. The van der Waals surface area contributed by atoms with E-state index in [0.717, 1.165) is 28.2 Å². The summed E-state index contributed by atoms with van der Waals surface area (Å²) in [6.45, 7) is 1.22. The highest BCUT2D eigenvalue weighted by molar-refractivity contribution is 5.89. The predicted molar refractivity (Wildman–Crippen MR) is 89.2 cm³/mol. The first kappa shape index (κ1) is 13.8. The lowest BCUT2D eigenvalue weighted by Gasteiger charge is -2.30. The van der Waals surface area contributed by atoms with Gasteiger partial charge in [0, 0.05) is 12.4 Å². The van der Waals surface area contributed by atoms with Gasteiger partial charge in [0.2, 0.25) is 0 Å². The van der Waals surface area contributed by atoms with Crippen LogP contribution in [0.2, 0.25) is 0 Å². The van der Waals surface area contributed by atoms with Crippen LogP contribution >= 0.6 is 0 Å². The molecule has 0 aliphatic carbocycles. The molecule has 2 aromatic carbocycles. The molecule has 5 nitrogen and oxygen atoms in total. The molecule has 116 valence electrons. The van der Waals surface area contributed by atoms with E-state index in [1.807, 2.05) is 55.6 Å². The van der Waals surface area contributed by atoms with Gasteiger partial charge in [0.15, 0.2) is 17.6 Å². The molecular weight excluding hydrogens is 290 g/mol. The van der Waals surface area contributed by atoms with E-state index in [4.69, 9.17) is 9.47 Å². The second kappa shape index (κ2) is 5.76. The van der Waals surface area contributed by atoms with Gasteiger partial charge >= 0.3 is 0 Å². The van der Waals surface area contributed by atoms with Gasteiger partial charge in [-0.2, -0.15) is 0 Å². The van der Waals surface area contributed by atoms with Crippen LogP contribution in [0.4, 0.5) is 5.82 Å². The van der Waals surface area contributed by atoms with E-state index in [-0.39, 0.29) is 6.10 Å². The van der Waals surface area contributed by atoms with Crippen molar-refractivity contribution in [3.63, 3.8) is 0 Å². The molecule has 2 heterocycles. The van der Waals surface area contributed by atoms with Gasteiger partial charge in [0.05, 0.1) is 12.1 Å². The van der Waals surface area contributed by atoms with Crippen molar-refractivity contribution in [3.8, 4) is 11.5 Å². The van der Waals surface area contributed by atoms with Crippen LogP contribution in [0.1, 0.15) is 0 Å². The Morgan fingerprint density at radius 2 is 1.83 bits per heavy atom. The molecule has 1 atom stereocenters. The molecule has 0 radical (unpaired) electrons. The first-order valence-corrected chi connectivity index (χ1v) is 7.60. The fourth-order valence-electron chi connectivity index (χ4n) is 2.84. The minimum absolute atomic E-state index is 0.0383. The van der Waals surface area contributed by atoms with Gasteiger partial charge in [0.25, 0.3) is 0 Å². The fourth-order valence-corrected chi connectivity index (χ4v) is 2.84. The molecule has 0 amide bonds. The van der Waals surface area contributed by atoms with Crippen molar-refractivity contribution < 1.29 is 9.47 Å². The van der Waals surface area contributed by atoms with Gasteiger partial charge in [-0.25, -0.2) is 9.97 Å². The Labute approximate surface area is 134 Å². The van der Waals surface area contributed by atoms with Crippen LogP contribution in [0.15, 0.2) is 54.9 Å². The second-order valence-corrected chi connectivity index (χ2v) is 5.59. The quantitative estimate of drug-likeness (QED) is 0.744. The molecule has 1 aliphatic heterocycles. The van der Waals surface area contributed by atoms with Crippen molar-refractivity contribution in [1.82, 2.24) is 9.97 Å². The number of para-hydroxylation sites is 3. The van der Waals surface area contributed by atoms with Crippen LogP contribution in [-0.4, -0.2) is 36.3 Å². The molecule has 4 rings (SSSR count). The Morgan fingerprint density at radius 3 is 2.74 bits per heavy atom. The van der Waals surface area contributed by atoms with Crippen molar-refractivity contribution in [2.24, 2.45) is 0 Å². The average molecular weight is 307 g/mol. The molecule has 5 heteroatoms. The van der Waals surface area contributed by atoms with E-state index in [9.17, 15) is 0 Å². The topological polar surface area (TPSA) is 47.5 Å². The number of ether oxygens (including phenoxy) is 2. The second-order valence-electron chi connectivity index (χ2n) is 5.59. The number of likely N-dealkylation sites (N-methyl/N-ethyl adjacent to an activating group) is 1. The SMILES string of the molecule is CN(CC1COc2ccccc2O1)c1ncnc2ccccc12. The summed E-state index contributed by atoms with van der Waals surface area (Å²) in [5, 5.41) is 1.04. The van der Waals surface area contributed by atoms with Crippen molar-refractivity contribution >= 4 is 16.7 Å². The number of nitrogens with zero attached hydrogens (tertiary/aromatic N) is 3. The summed E-state index contributed by atoms with van der Waals surface area (Å²) in [5.74, 6) is 2.50. The summed E-state index contributed by atoms with van der Waals surface area (Å²) in [6, 6.07) is 15.8. The van der Waals surface area contributed by atoms with Crippen LogP contribution < -0.4 is 14.4 Å². The average Bonchev–Trinajstić information content (AvgIpc) is 2.61. The van der Waals surface area contributed by atoms with Gasteiger partial charge in [-0.05, 0) is 24.3 Å². The monoisotopic (exact) mass is 307 g/mol. The number of aromatic nitrogens is 2. The minimum Gasteiger partial charge on any atom is -0.486 e. The Morgan fingerprint density at radius 1 is 1.04 bits per heavy atom. The predicted octanol–water partition coefficient (Wildman–Crippen LogP) is 2.91. The molecule has 1 aromatic heterocycles. The van der Waals surface area contributed by atoms with Crippen molar-refractivity contribution in [2.75, 3.05) is 25.1 Å². The highest BCUT2D eigenvalue weighted by atomic mass is 16.6. The maximum Gasteiger partial charge on any atom is 0.161 e. The minimum atomic E-state index is -0.0383. The molecular formula is C18H17N3O2. The van der Waals surface area contributed by atoms with Gasteiger partial charge in [-0.15, -0.1) is 0 Å². The molecule has 1 aliphatic rings. The molecule has 3 aromatic rings. The van der Waals surface area contributed by atoms with Crippen molar-refractivity contribution in [2.45, 2.75) is 6.10 Å². The highest BCUT2D eigenvalue weighted by Crippen LogP contribution is 2.31. The van der Waals surface area contributed by atoms with E-state index >= 15 is 0 Å². The van der Waals surface area contributed by atoms with Crippen LogP contribution in [0, 0.1) is 0 Å². The third kappa shape index (κ3) is 2.65. The van der Waals surface area contributed by atoms with Crippen LogP contribution in [0.25, 0.3) is 10.9 Å². The Balaban J connectivity index is 1.55. The van der Waals surface area contributed by atoms with E-state index in [0.29, 0.717) is 13.2 Å². The number of fused-ring (bicyclic) bond motifs is 2. The summed E-state index contributed by atoms with van der Waals surface area (Å²) in [6.07, 6.45) is 1.56. The van der Waals surface area contributed by atoms with E-state index in [2.05, 4.69) is 14.9 Å². The zero-order chi connectivity index (χ0) is 15.6. The van der Waals surface area contributed by atoms with Crippen LogP contribution in [0.3, 0.4) is 0 Å². The van der Waals surface area contributed by atoms with Gasteiger partial charge in [-0.3, -0.25) is 0 Å². The van der Waals surface area contributed by atoms with Gasteiger partial charge < -0.3 is 14.4 Å². The molecule has 0 spiro atoms. The Bertz CT molecular complexity index is 832. The van der Waals surface area contributed by atoms with Crippen molar-refractivity contribution in [1.29, 1.82) is 0 Å². The summed E-state index contributed by atoms with van der Waals surface area (Å²) < 4.78 is 11.8. The van der Waals surface area contributed by atoms with Gasteiger partial charge in [0.1, 0.15) is 18.8 Å². The fraction of sp³-hybridized carbons (Fsp3) is 0.222. The number of hydrogen-bond acceptors (Lipinski definition) is 5. The largest absolute Gasteiger partial charge is 0.486 e. The number of rotatable bonds is 3. The molecule has 0 N–H and O–H groups in total. The number of benzene rings is 2. The van der Waals surface area contributed by atoms with Crippen LogP contribution in [-0.2, 0) is 0 Å². The summed E-state index contributed by atoms with van der Waals surface area (Å²) in [7, 11) is 2.01. The molecule has 0 saturated heterocycles. The van der Waals surface area contributed by atoms with E-state index < -0.39 is 0 Å². The normalized spacial score (nSPS) is 16.3. The molecule has 0 fully saturated rings. The maximum absolute atomic E-state index is 6.03. The number of anilines is 1. The zero-order valence-electron chi connectivity index (χ0n) is 12.8. The standard InChI is InChI=1S/C18H17N3O2/c1-21(18-14-6-2-3-7-15(14)19-12-20-18)10-13-11-22-16-8-4-5-9-17(16)23-13/h2-9,12-13H,10-11H2,1H3. The third-order valence-corrected chi connectivity index (χ3v) is 3.93. The smallest absolute Gasteiger partial charge is 0.161 e. The molecule has 0 saturated carbocycles.